The number of alkyl halides is 1. The lowest BCUT2D eigenvalue weighted by atomic mass is 9.96. The third-order valence-electron chi connectivity index (χ3n) is 4.30. The molecule has 1 rings (SSSR count). The second-order valence-corrected chi connectivity index (χ2v) is 8.86. The van der Waals surface area contributed by atoms with Crippen LogP contribution in [0, 0.1) is 5.92 Å². The van der Waals surface area contributed by atoms with E-state index in [4.69, 9.17) is 4.74 Å². The number of Topliss-reactive ketones (excluding diaryl/α,β-unsaturated/α-hetero) is 1. The van der Waals surface area contributed by atoms with Gasteiger partial charge in [0.15, 0.2) is 12.0 Å². The summed E-state index contributed by atoms with van der Waals surface area (Å²) in [5.41, 5.74) is 0.120. The van der Waals surface area contributed by atoms with Crippen molar-refractivity contribution >= 4 is 17.8 Å². The van der Waals surface area contributed by atoms with Crippen molar-refractivity contribution in [3.05, 3.63) is 35.9 Å². The molecule has 0 aliphatic rings. The van der Waals surface area contributed by atoms with Crippen molar-refractivity contribution < 1.29 is 23.5 Å². The molecule has 2 amide bonds. The number of benzene rings is 1. The van der Waals surface area contributed by atoms with Crippen LogP contribution in [0.2, 0.25) is 0 Å². The summed E-state index contributed by atoms with van der Waals surface area (Å²) in [7, 11) is 0. The van der Waals surface area contributed by atoms with Crippen LogP contribution in [0.1, 0.15) is 59.4 Å². The molecule has 0 saturated carbocycles. The highest BCUT2D eigenvalue weighted by Crippen LogP contribution is 2.14. The van der Waals surface area contributed by atoms with Gasteiger partial charge in [-0.05, 0) is 51.5 Å². The van der Waals surface area contributed by atoms with Gasteiger partial charge in [-0.25, -0.2) is 9.18 Å². The molecule has 0 saturated heterocycles. The van der Waals surface area contributed by atoms with Gasteiger partial charge in [-0.15, -0.1) is 0 Å². The smallest absolute Gasteiger partial charge is 0.408 e. The van der Waals surface area contributed by atoms with Crippen LogP contribution in [0.3, 0.4) is 0 Å². The molecular formula is C23H35FN2O4. The Kier molecular flexibility index (Phi) is 10.5. The molecule has 30 heavy (non-hydrogen) atoms. The SMILES string of the molecule is CC(C)CCCC(F)C(=O)C(Cc1ccccc1)NC(=O)CNC(=O)OC(C)(C)C. The molecule has 1 aromatic rings. The molecule has 2 unspecified atom stereocenters. The van der Waals surface area contributed by atoms with Crippen molar-refractivity contribution in [3.8, 4) is 0 Å². The van der Waals surface area contributed by atoms with Crippen LogP contribution >= 0.6 is 0 Å². The van der Waals surface area contributed by atoms with Gasteiger partial charge in [0.05, 0.1) is 6.04 Å². The number of ketones is 1. The Hall–Kier alpha value is -2.44. The number of hydrogen-bond acceptors (Lipinski definition) is 4. The molecule has 1 aromatic carbocycles. The molecule has 0 aromatic heterocycles. The summed E-state index contributed by atoms with van der Waals surface area (Å²) in [6.45, 7) is 8.86. The molecule has 0 radical (unpaired) electrons. The number of halogens is 1. The van der Waals surface area contributed by atoms with Gasteiger partial charge in [0.1, 0.15) is 12.1 Å². The minimum Gasteiger partial charge on any atom is -0.444 e. The number of rotatable bonds is 11. The first kappa shape index (κ1) is 25.6. The van der Waals surface area contributed by atoms with Crippen molar-refractivity contribution in [2.45, 2.75) is 78.1 Å². The van der Waals surface area contributed by atoms with E-state index >= 15 is 0 Å². The minimum atomic E-state index is -1.64. The monoisotopic (exact) mass is 422 g/mol. The van der Waals surface area contributed by atoms with Gasteiger partial charge < -0.3 is 15.4 Å². The van der Waals surface area contributed by atoms with Crippen LogP contribution in [-0.2, 0) is 20.7 Å². The molecule has 0 fully saturated rings. The number of carbonyl (C=O) groups is 3. The quantitative estimate of drug-likeness (QED) is 0.565. The van der Waals surface area contributed by atoms with Crippen LogP contribution < -0.4 is 10.6 Å². The van der Waals surface area contributed by atoms with E-state index in [1.165, 1.54) is 0 Å². The van der Waals surface area contributed by atoms with Crippen molar-refractivity contribution in [1.82, 2.24) is 10.6 Å². The summed E-state index contributed by atoms with van der Waals surface area (Å²) in [5, 5.41) is 4.91. The van der Waals surface area contributed by atoms with E-state index in [-0.39, 0.29) is 19.4 Å². The van der Waals surface area contributed by atoms with E-state index in [1.807, 2.05) is 44.2 Å². The molecule has 0 heterocycles. The Balaban J connectivity index is 2.72. The fraction of sp³-hybridized carbons (Fsp3) is 0.609. The first-order valence-corrected chi connectivity index (χ1v) is 10.5. The Morgan fingerprint density at radius 3 is 2.27 bits per heavy atom. The Labute approximate surface area is 178 Å². The Bertz CT molecular complexity index is 686. The summed E-state index contributed by atoms with van der Waals surface area (Å²) >= 11 is 0. The molecule has 6 nitrogen and oxygen atoms in total. The number of amides is 2. The van der Waals surface area contributed by atoms with E-state index in [0.29, 0.717) is 12.3 Å². The summed E-state index contributed by atoms with van der Waals surface area (Å²) in [4.78, 5) is 36.7. The highest BCUT2D eigenvalue weighted by atomic mass is 19.1. The highest BCUT2D eigenvalue weighted by Gasteiger charge is 2.28. The number of nitrogens with one attached hydrogen (secondary N) is 2. The fourth-order valence-corrected chi connectivity index (χ4v) is 2.85. The molecular weight excluding hydrogens is 387 g/mol. The third-order valence-corrected chi connectivity index (χ3v) is 4.30. The predicted octanol–water partition coefficient (Wildman–Crippen LogP) is 3.97. The molecule has 2 N–H and O–H groups in total. The third kappa shape index (κ3) is 10.9. The van der Waals surface area contributed by atoms with Gasteiger partial charge in [-0.3, -0.25) is 9.59 Å². The van der Waals surface area contributed by atoms with Gasteiger partial charge in [-0.2, -0.15) is 0 Å². The zero-order valence-electron chi connectivity index (χ0n) is 18.7. The number of carbonyl (C=O) groups excluding carboxylic acids is 3. The summed E-state index contributed by atoms with van der Waals surface area (Å²) < 4.78 is 19.6. The maximum atomic E-state index is 14.6. The first-order valence-electron chi connectivity index (χ1n) is 10.5. The van der Waals surface area contributed by atoms with Crippen LogP contribution in [0.15, 0.2) is 30.3 Å². The second-order valence-electron chi connectivity index (χ2n) is 8.86. The van der Waals surface area contributed by atoms with Gasteiger partial charge in [-0.1, -0.05) is 50.6 Å². The molecule has 7 heteroatoms. The Morgan fingerprint density at radius 2 is 1.70 bits per heavy atom. The lowest BCUT2D eigenvalue weighted by Gasteiger charge is -2.21. The molecule has 0 aliphatic heterocycles. The van der Waals surface area contributed by atoms with Gasteiger partial charge >= 0.3 is 6.09 Å². The Morgan fingerprint density at radius 1 is 1.07 bits per heavy atom. The van der Waals surface area contributed by atoms with E-state index in [1.54, 1.807) is 20.8 Å². The van der Waals surface area contributed by atoms with Gasteiger partial charge in [0.25, 0.3) is 0 Å². The highest BCUT2D eigenvalue weighted by molar-refractivity contribution is 5.93. The van der Waals surface area contributed by atoms with Crippen LogP contribution in [0.4, 0.5) is 9.18 Å². The number of hydrogen-bond donors (Lipinski definition) is 2. The predicted molar refractivity (Wildman–Crippen MR) is 115 cm³/mol. The summed E-state index contributed by atoms with van der Waals surface area (Å²) in [5.74, 6) is -0.788. The van der Waals surface area contributed by atoms with Crippen molar-refractivity contribution in [1.29, 1.82) is 0 Å². The summed E-state index contributed by atoms with van der Waals surface area (Å²) in [6, 6.07) is 8.10. The minimum absolute atomic E-state index is 0.133. The van der Waals surface area contributed by atoms with E-state index < -0.39 is 35.6 Å². The lowest BCUT2D eigenvalue weighted by Crippen LogP contribution is -2.49. The average Bonchev–Trinajstić information content (AvgIpc) is 2.64. The number of alkyl carbamates (subject to hydrolysis) is 1. The maximum absolute atomic E-state index is 14.6. The first-order chi connectivity index (χ1) is 14.0. The zero-order chi connectivity index (χ0) is 22.7. The van der Waals surface area contributed by atoms with Crippen molar-refractivity contribution in [3.63, 3.8) is 0 Å². The number of ether oxygens (including phenoxy) is 1. The van der Waals surface area contributed by atoms with Gasteiger partial charge in [0.2, 0.25) is 5.91 Å². The van der Waals surface area contributed by atoms with E-state index in [2.05, 4.69) is 10.6 Å². The van der Waals surface area contributed by atoms with E-state index in [9.17, 15) is 18.8 Å². The standard InChI is InChI=1S/C23H35FN2O4/c1-16(2)10-9-13-18(24)21(28)19(14-17-11-7-6-8-12-17)26-20(27)15-25-22(29)30-23(3,4)5/h6-8,11-12,16,18-19H,9-10,13-15H2,1-5H3,(H,25,29)(H,26,27). The largest absolute Gasteiger partial charge is 0.444 e. The fourth-order valence-electron chi connectivity index (χ4n) is 2.85. The van der Waals surface area contributed by atoms with Crippen molar-refractivity contribution in [2.24, 2.45) is 5.92 Å². The average molecular weight is 423 g/mol. The maximum Gasteiger partial charge on any atom is 0.408 e. The van der Waals surface area contributed by atoms with Gasteiger partial charge in [0, 0.05) is 0 Å². The molecule has 0 aliphatic carbocycles. The lowest BCUT2D eigenvalue weighted by molar-refractivity contribution is -0.130. The van der Waals surface area contributed by atoms with Crippen LogP contribution in [0.25, 0.3) is 0 Å². The van der Waals surface area contributed by atoms with E-state index in [0.717, 1.165) is 12.0 Å². The molecule has 168 valence electrons. The molecule has 0 bridgehead atoms. The van der Waals surface area contributed by atoms with Crippen LogP contribution in [-0.4, -0.2) is 42.1 Å². The normalized spacial score (nSPS) is 13.4. The molecule has 0 spiro atoms. The zero-order valence-corrected chi connectivity index (χ0v) is 18.7. The summed E-state index contributed by atoms with van der Waals surface area (Å²) in [6.07, 6.45) is -0.617. The molecule has 2 atom stereocenters. The topological polar surface area (TPSA) is 84.5 Å². The van der Waals surface area contributed by atoms with Crippen molar-refractivity contribution in [2.75, 3.05) is 6.54 Å². The second kappa shape index (κ2) is 12.3. The van der Waals surface area contributed by atoms with Crippen LogP contribution in [0.5, 0.6) is 0 Å².